The second-order valence-corrected chi connectivity index (χ2v) is 8.83. The summed E-state index contributed by atoms with van der Waals surface area (Å²) in [6.45, 7) is 1.45. The smallest absolute Gasteiger partial charge is 0.416 e. The molecule has 3 atom stereocenters. The van der Waals surface area contributed by atoms with E-state index in [1.807, 2.05) is 0 Å². The molecule has 15 heteroatoms. The molecule has 3 rings (SSSR count). The normalized spacial score (nSPS) is 19.7. The minimum Gasteiger partial charge on any atom is -0.467 e. The molecule has 6 nitrogen and oxygen atoms in total. The molecule has 0 saturated heterocycles. The van der Waals surface area contributed by atoms with Crippen molar-refractivity contribution in [3.8, 4) is 0 Å². The summed E-state index contributed by atoms with van der Waals surface area (Å²) in [5, 5.41) is 21.4. The number of nitrogens with zero attached hydrogens (tertiary/aromatic N) is 1. The lowest BCUT2D eigenvalue weighted by molar-refractivity contribution is -0.168. The molecule has 0 spiro atoms. The van der Waals surface area contributed by atoms with Gasteiger partial charge in [-0.15, -0.1) is 0 Å². The van der Waals surface area contributed by atoms with Crippen LogP contribution in [0.2, 0.25) is 0 Å². The zero-order valence-corrected chi connectivity index (χ0v) is 20.0. The van der Waals surface area contributed by atoms with Crippen LogP contribution in [0.4, 0.5) is 50.0 Å². The summed E-state index contributed by atoms with van der Waals surface area (Å²) in [5.74, 6) is -3.71. The number of fused-ring (bicyclic) bond motifs is 1. The summed E-state index contributed by atoms with van der Waals surface area (Å²) in [5.41, 5.74) is -10.9. The quantitative estimate of drug-likeness (QED) is 0.320. The molecule has 0 bridgehead atoms. The van der Waals surface area contributed by atoms with E-state index in [-0.39, 0.29) is 24.6 Å². The molecule has 0 fully saturated rings. The maximum absolute atomic E-state index is 13.6. The van der Waals surface area contributed by atoms with Crippen molar-refractivity contribution in [2.45, 2.75) is 55.9 Å². The SMILES string of the molecule is CCC1CC(C(O)(C(=O)OC)c2cc(C(F)(F)F)cc(C(F)(F)F)c2)c2cc(C(F)(F)F)ccc2N1C(=O)O. The topological polar surface area (TPSA) is 87.1 Å². The van der Waals surface area contributed by atoms with Gasteiger partial charge in [-0.3, -0.25) is 4.90 Å². The molecule has 1 heterocycles. The molecule has 1 aliphatic heterocycles. The first kappa shape index (κ1) is 30.1. The first-order chi connectivity index (χ1) is 17.8. The highest BCUT2D eigenvalue weighted by molar-refractivity contribution is 5.90. The maximum atomic E-state index is 13.6. The van der Waals surface area contributed by atoms with Crippen LogP contribution in [-0.4, -0.2) is 35.4 Å². The Hall–Kier alpha value is -3.49. The van der Waals surface area contributed by atoms with Gasteiger partial charge in [0.15, 0.2) is 5.60 Å². The Morgan fingerprint density at radius 3 is 1.77 bits per heavy atom. The Morgan fingerprint density at radius 2 is 1.36 bits per heavy atom. The second kappa shape index (κ2) is 9.92. The van der Waals surface area contributed by atoms with Crippen LogP contribution in [0.25, 0.3) is 0 Å². The van der Waals surface area contributed by atoms with Crippen LogP contribution in [0, 0.1) is 0 Å². The number of rotatable bonds is 4. The van der Waals surface area contributed by atoms with E-state index in [2.05, 4.69) is 4.74 Å². The third-order valence-electron chi connectivity index (χ3n) is 6.57. The highest BCUT2D eigenvalue weighted by Crippen LogP contribution is 2.51. The average Bonchev–Trinajstić information content (AvgIpc) is 2.84. The van der Waals surface area contributed by atoms with Crippen molar-refractivity contribution >= 4 is 17.7 Å². The van der Waals surface area contributed by atoms with E-state index in [9.17, 15) is 59.3 Å². The maximum Gasteiger partial charge on any atom is 0.416 e. The number of benzene rings is 2. The number of esters is 1. The number of halogens is 9. The fourth-order valence-corrected chi connectivity index (χ4v) is 4.73. The number of methoxy groups -OCH3 is 1. The first-order valence-corrected chi connectivity index (χ1v) is 11.1. The minimum absolute atomic E-state index is 0.0447. The Balaban J connectivity index is 2.44. The molecule has 39 heavy (non-hydrogen) atoms. The van der Waals surface area contributed by atoms with Gasteiger partial charge in [0.1, 0.15) is 0 Å². The molecule has 1 aliphatic rings. The molecule has 2 aromatic carbocycles. The summed E-state index contributed by atoms with van der Waals surface area (Å²) in [4.78, 5) is 25.6. The number of carbonyl (C=O) groups excluding carboxylic acids is 1. The summed E-state index contributed by atoms with van der Waals surface area (Å²) < 4.78 is 127. The molecule has 0 radical (unpaired) electrons. The Bertz CT molecular complexity index is 1240. The van der Waals surface area contributed by atoms with Crippen LogP contribution in [0.1, 0.15) is 53.5 Å². The highest BCUT2D eigenvalue weighted by atomic mass is 19.4. The van der Waals surface area contributed by atoms with E-state index < -0.39 is 88.1 Å². The number of anilines is 1. The molecular formula is C24H20F9NO5. The zero-order chi connectivity index (χ0) is 29.7. The molecule has 0 aliphatic carbocycles. The fraction of sp³-hybridized carbons (Fsp3) is 0.417. The van der Waals surface area contributed by atoms with Crippen molar-refractivity contribution in [1.82, 2.24) is 0 Å². The molecule has 0 aromatic heterocycles. The van der Waals surface area contributed by atoms with Gasteiger partial charge in [0.2, 0.25) is 0 Å². The molecule has 1 amide bonds. The van der Waals surface area contributed by atoms with Gasteiger partial charge in [-0.05, 0) is 60.4 Å². The van der Waals surface area contributed by atoms with Crippen molar-refractivity contribution < 1.29 is 64.1 Å². The number of amides is 1. The van der Waals surface area contributed by atoms with Crippen LogP contribution in [0.3, 0.4) is 0 Å². The third kappa shape index (κ3) is 5.49. The van der Waals surface area contributed by atoms with Gasteiger partial charge < -0.3 is 14.9 Å². The van der Waals surface area contributed by atoms with Crippen LogP contribution in [0.5, 0.6) is 0 Å². The lowest BCUT2D eigenvalue weighted by Gasteiger charge is -2.44. The Labute approximate surface area is 214 Å². The van der Waals surface area contributed by atoms with Gasteiger partial charge in [-0.25, -0.2) is 9.59 Å². The van der Waals surface area contributed by atoms with Crippen molar-refractivity contribution in [1.29, 1.82) is 0 Å². The first-order valence-electron chi connectivity index (χ1n) is 11.1. The van der Waals surface area contributed by atoms with Crippen molar-refractivity contribution in [3.05, 3.63) is 64.2 Å². The number of ether oxygens (including phenoxy) is 1. The number of aliphatic hydroxyl groups is 1. The lowest BCUT2D eigenvalue weighted by Crippen LogP contribution is -2.51. The molecule has 214 valence electrons. The van der Waals surface area contributed by atoms with E-state index >= 15 is 0 Å². The standard InChI is InChI=1S/C24H20F9NO5/c1-3-15-10-17(16-9-11(22(25,26)27)4-5-18(16)34(15)20(36)37)21(38,19(35)39-2)12-6-13(23(28,29)30)8-14(7-12)24(31,32)33/h4-9,15,17,38H,3,10H2,1-2H3,(H,36,37). The van der Waals surface area contributed by atoms with Gasteiger partial charge in [0, 0.05) is 12.0 Å². The highest BCUT2D eigenvalue weighted by Gasteiger charge is 2.54. The summed E-state index contributed by atoms with van der Waals surface area (Å²) in [7, 11) is 0.669. The van der Waals surface area contributed by atoms with Gasteiger partial charge in [0.25, 0.3) is 0 Å². The molecule has 2 aromatic rings. The van der Waals surface area contributed by atoms with Crippen molar-refractivity contribution in [2.75, 3.05) is 12.0 Å². The monoisotopic (exact) mass is 573 g/mol. The van der Waals surface area contributed by atoms with Gasteiger partial charge >= 0.3 is 30.6 Å². The van der Waals surface area contributed by atoms with Crippen LogP contribution in [-0.2, 0) is 33.7 Å². The zero-order valence-electron chi connectivity index (χ0n) is 20.0. The van der Waals surface area contributed by atoms with E-state index in [0.717, 1.165) is 6.07 Å². The second-order valence-electron chi connectivity index (χ2n) is 8.83. The van der Waals surface area contributed by atoms with Crippen LogP contribution < -0.4 is 4.90 Å². The number of hydrogen-bond donors (Lipinski definition) is 2. The predicted molar refractivity (Wildman–Crippen MR) is 116 cm³/mol. The lowest BCUT2D eigenvalue weighted by atomic mass is 9.70. The van der Waals surface area contributed by atoms with Gasteiger partial charge in [-0.1, -0.05) is 6.92 Å². The minimum atomic E-state index is -5.38. The van der Waals surface area contributed by atoms with Crippen molar-refractivity contribution in [2.24, 2.45) is 0 Å². The van der Waals surface area contributed by atoms with Gasteiger partial charge in [-0.2, -0.15) is 39.5 Å². The van der Waals surface area contributed by atoms with Crippen LogP contribution >= 0.6 is 0 Å². The van der Waals surface area contributed by atoms with E-state index in [0.29, 0.717) is 24.1 Å². The van der Waals surface area contributed by atoms with E-state index in [1.165, 1.54) is 6.92 Å². The average molecular weight is 573 g/mol. The molecule has 3 unspecified atom stereocenters. The summed E-state index contributed by atoms with van der Waals surface area (Å²) in [6, 6.07) is 0.417. The number of carbonyl (C=O) groups is 2. The van der Waals surface area contributed by atoms with E-state index in [1.54, 1.807) is 0 Å². The van der Waals surface area contributed by atoms with E-state index in [4.69, 9.17) is 0 Å². The van der Waals surface area contributed by atoms with Crippen LogP contribution in [0.15, 0.2) is 36.4 Å². The number of hydrogen-bond acceptors (Lipinski definition) is 4. The Kier molecular flexibility index (Phi) is 7.64. The summed E-state index contributed by atoms with van der Waals surface area (Å²) in [6.07, 6.45) is -18.1. The molecular weight excluding hydrogens is 553 g/mol. The fourth-order valence-electron chi connectivity index (χ4n) is 4.73. The summed E-state index contributed by atoms with van der Waals surface area (Å²) >= 11 is 0. The van der Waals surface area contributed by atoms with Gasteiger partial charge in [0.05, 0.1) is 29.5 Å². The largest absolute Gasteiger partial charge is 0.467 e. The molecule has 0 saturated carbocycles. The molecule has 2 N–H and O–H groups in total. The predicted octanol–water partition coefficient (Wildman–Crippen LogP) is 6.55. The number of carboxylic acid groups (broad SMARTS) is 1. The van der Waals surface area contributed by atoms with Crippen molar-refractivity contribution in [3.63, 3.8) is 0 Å². The number of alkyl halides is 9. The Morgan fingerprint density at radius 1 is 0.872 bits per heavy atom. The third-order valence-corrected chi connectivity index (χ3v) is 6.57.